The van der Waals surface area contributed by atoms with Crippen molar-refractivity contribution in [3.8, 4) is 0 Å². The van der Waals surface area contributed by atoms with Gasteiger partial charge in [-0.3, -0.25) is 0 Å². The molecule has 2 aliphatic rings. The monoisotopic (exact) mass is 326 g/mol. The maximum absolute atomic E-state index is 5.98. The molecule has 2 aromatic carbocycles. The van der Waals surface area contributed by atoms with E-state index in [-0.39, 0.29) is 0 Å². The fourth-order valence-corrected chi connectivity index (χ4v) is 2.46. The Morgan fingerprint density at radius 1 is 1.00 bits per heavy atom. The van der Waals surface area contributed by atoms with Gasteiger partial charge in [0.15, 0.2) is 0 Å². The van der Waals surface area contributed by atoms with E-state index in [1.54, 1.807) is 6.07 Å². The molecular weight excluding hydrogens is 311 g/mol. The molecule has 0 N–H and O–H groups in total. The summed E-state index contributed by atoms with van der Waals surface area (Å²) in [5.74, 6) is 0. The summed E-state index contributed by atoms with van der Waals surface area (Å²) >= 11 is 11.8. The van der Waals surface area contributed by atoms with E-state index < -0.39 is 0 Å². The second-order valence-corrected chi connectivity index (χ2v) is 5.90. The molecule has 3 nitrogen and oxygen atoms in total. The maximum Gasteiger partial charge on any atom is 0.104 e. The highest BCUT2D eigenvalue weighted by molar-refractivity contribution is 6.38. The molecule has 2 atom stereocenters. The Kier molecular flexibility index (Phi) is 4.99. The van der Waals surface area contributed by atoms with Crippen LogP contribution >= 0.6 is 23.2 Å². The Labute approximate surface area is 133 Å². The van der Waals surface area contributed by atoms with E-state index in [1.165, 1.54) is 0 Å². The van der Waals surface area contributed by atoms with Gasteiger partial charge in [0.25, 0.3) is 0 Å². The Morgan fingerprint density at radius 2 is 1.62 bits per heavy atom. The summed E-state index contributed by atoms with van der Waals surface area (Å²) in [7, 11) is 0. The zero-order chi connectivity index (χ0) is 14.7. The van der Waals surface area contributed by atoms with Crippen molar-refractivity contribution >= 4 is 34.0 Å². The lowest BCUT2D eigenvalue weighted by atomic mass is 10.1. The number of fused-ring (bicyclic) bond motifs is 1. The van der Waals surface area contributed by atoms with Crippen molar-refractivity contribution in [2.24, 2.45) is 0 Å². The Balaban J connectivity index is 0.000000131. The molecule has 0 bridgehead atoms. The van der Waals surface area contributed by atoms with Crippen LogP contribution in [0.1, 0.15) is 0 Å². The second-order valence-electron chi connectivity index (χ2n) is 5.06. The Morgan fingerprint density at radius 3 is 2.24 bits per heavy atom. The van der Waals surface area contributed by atoms with Crippen LogP contribution in [-0.2, 0) is 14.2 Å². The maximum atomic E-state index is 5.98. The lowest BCUT2D eigenvalue weighted by Gasteiger charge is -1.99. The highest BCUT2D eigenvalue weighted by Gasteiger charge is 2.26. The molecule has 2 aliphatic heterocycles. The minimum absolute atomic E-state index is 0.392. The molecule has 2 saturated heterocycles. The minimum Gasteiger partial charge on any atom is -0.376 e. The minimum atomic E-state index is 0.392. The molecule has 2 aromatic rings. The van der Waals surface area contributed by atoms with Gasteiger partial charge in [-0.2, -0.15) is 0 Å². The zero-order valence-corrected chi connectivity index (χ0v) is 12.9. The fraction of sp³-hybridized carbons (Fsp3) is 0.375. The molecule has 0 aromatic heterocycles. The van der Waals surface area contributed by atoms with E-state index in [0.717, 1.165) is 37.2 Å². The van der Waals surface area contributed by atoms with Crippen LogP contribution in [0, 0.1) is 0 Å². The van der Waals surface area contributed by atoms with Gasteiger partial charge in [-0.05, 0) is 17.5 Å². The second kappa shape index (κ2) is 6.95. The third-order valence-corrected chi connectivity index (χ3v) is 3.72. The van der Waals surface area contributed by atoms with E-state index in [1.807, 2.05) is 30.3 Å². The molecule has 4 rings (SSSR count). The first kappa shape index (κ1) is 15.1. The molecule has 2 heterocycles. The first-order valence-corrected chi connectivity index (χ1v) is 7.63. The molecule has 0 amide bonds. The predicted molar refractivity (Wildman–Crippen MR) is 84.3 cm³/mol. The number of ether oxygens (including phenoxy) is 3. The molecule has 112 valence electrons. The first-order valence-electron chi connectivity index (χ1n) is 6.87. The van der Waals surface area contributed by atoms with Crippen molar-refractivity contribution in [3.63, 3.8) is 0 Å². The average molecular weight is 327 g/mol. The lowest BCUT2D eigenvalue weighted by Crippen LogP contribution is -2.06. The van der Waals surface area contributed by atoms with Crippen LogP contribution in [0.5, 0.6) is 0 Å². The molecule has 0 radical (unpaired) electrons. The molecule has 0 aliphatic carbocycles. The summed E-state index contributed by atoms with van der Waals surface area (Å²) in [5.41, 5.74) is 0. The zero-order valence-electron chi connectivity index (χ0n) is 11.4. The summed E-state index contributed by atoms with van der Waals surface area (Å²) in [6.45, 7) is 3.26. The number of hydrogen-bond donors (Lipinski definition) is 0. The summed E-state index contributed by atoms with van der Waals surface area (Å²) in [4.78, 5) is 0. The van der Waals surface area contributed by atoms with E-state index in [2.05, 4.69) is 0 Å². The van der Waals surface area contributed by atoms with Gasteiger partial charge in [0.1, 0.15) is 12.2 Å². The van der Waals surface area contributed by atoms with Gasteiger partial charge in [-0.15, -0.1) is 0 Å². The molecule has 0 spiro atoms. The quantitative estimate of drug-likeness (QED) is 0.798. The third-order valence-electron chi connectivity index (χ3n) is 3.19. The summed E-state index contributed by atoms with van der Waals surface area (Å²) in [5, 5.41) is 3.51. The smallest absolute Gasteiger partial charge is 0.104 e. The van der Waals surface area contributed by atoms with E-state index in [0.29, 0.717) is 22.3 Å². The van der Waals surface area contributed by atoms with Crippen LogP contribution in [0.25, 0.3) is 10.8 Å². The van der Waals surface area contributed by atoms with E-state index in [4.69, 9.17) is 37.4 Å². The SMILES string of the molecule is C(OCC1CO1)C1CO1.Clc1cc(Cl)c2ccccc2c1. The topological polar surface area (TPSA) is 34.3 Å². The highest BCUT2D eigenvalue weighted by atomic mass is 35.5. The van der Waals surface area contributed by atoms with Crippen molar-refractivity contribution in [2.75, 3.05) is 26.4 Å². The molecule has 2 fully saturated rings. The number of halogens is 2. The number of hydrogen-bond acceptors (Lipinski definition) is 3. The summed E-state index contributed by atoms with van der Waals surface area (Å²) in [6.07, 6.45) is 0.785. The van der Waals surface area contributed by atoms with E-state index >= 15 is 0 Å². The number of benzene rings is 2. The van der Waals surface area contributed by atoms with Crippen molar-refractivity contribution in [3.05, 3.63) is 46.4 Å². The van der Waals surface area contributed by atoms with Crippen LogP contribution in [0.15, 0.2) is 36.4 Å². The molecule has 5 heteroatoms. The van der Waals surface area contributed by atoms with Crippen LogP contribution in [0.2, 0.25) is 10.0 Å². The van der Waals surface area contributed by atoms with Crippen molar-refractivity contribution < 1.29 is 14.2 Å². The largest absolute Gasteiger partial charge is 0.376 e. The van der Waals surface area contributed by atoms with Crippen LogP contribution in [0.4, 0.5) is 0 Å². The normalized spacial score (nSPS) is 22.6. The van der Waals surface area contributed by atoms with Crippen LogP contribution < -0.4 is 0 Å². The highest BCUT2D eigenvalue weighted by Crippen LogP contribution is 2.27. The van der Waals surface area contributed by atoms with Gasteiger partial charge >= 0.3 is 0 Å². The van der Waals surface area contributed by atoms with Gasteiger partial charge in [0, 0.05) is 15.4 Å². The van der Waals surface area contributed by atoms with Crippen molar-refractivity contribution in [2.45, 2.75) is 12.2 Å². The van der Waals surface area contributed by atoms with Crippen molar-refractivity contribution in [1.82, 2.24) is 0 Å². The molecule has 2 unspecified atom stereocenters. The average Bonchev–Trinajstić information content (AvgIpc) is 3.34. The van der Waals surface area contributed by atoms with Crippen LogP contribution in [-0.4, -0.2) is 38.6 Å². The first-order chi connectivity index (χ1) is 10.2. The number of epoxide rings is 2. The van der Waals surface area contributed by atoms with Gasteiger partial charge in [-0.25, -0.2) is 0 Å². The van der Waals surface area contributed by atoms with Gasteiger partial charge < -0.3 is 14.2 Å². The lowest BCUT2D eigenvalue weighted by molar-refractivity contribution is 0.102. The van der Waals surface area contributed by atoms with Gasteiger partial charge in [-0.1, -0.05) is 47.5 Å². The fourth-order valence-electron chi connectivity index (χ4n) is 1.89. The van der Waals surface area contributed by atoms with Crippen molar-refractivity contribution in [1.29, 1.82) is 0 Å². The predicted octanol–water partition coefficient (Wildman–Crippen LogP) is 3.95. The third kappa shape index (κ3) is 4.83. The van der Waals surface area contributed by atoms with Crippen LogP contribution in [0.3, 0.4) is 0 Å². The molecular formula is C16H16Cl2O3. The van der Waals surface area contributed by atoms with Gasteiger partial charge in [0.2, 0.25) is 0 Å². The summed E-state index contributed by atoms with van der Waals surface area (Å²) < 4.78 is 15.1. The Bertz CT molecular complexity index is 597. The van der Waals surface area contributed by atoms with Gasteiger partial charge in [0.05, 0.1) is 26.4 Å². The molecule has 21 heavy (non-hydrogen) atoms. The van der Waals surface area contributed by atoms with E-state index in [9.17, 15) is 0 Å². The standard InChI is InChI=1S/C10H6Cl2.C6H10O3/c11-8-5-7-3-1-2-4-9(7)10(12)6-8;1(5-3-8-5)7-2-6-4-9-6/h1-6H;5-6H,1-4H2. The number of rotatable bonds is 4. The summed E-state index contributed by atoms with van der Waals surface area (Å²) in [6, 6.07) is 11.6. The molecule has 0 saturated carbocycles. The Hall–Kier alpha value is -0.840.